The van der Waals surface area contributed by atoms with Crippen molar-refractivity contribution in [1.29, 1.82) is 0 Å². The first-order chi connectivity index (χ1) is 27.3. The summed E-state index contributed by atoms with van der Waals surface area (Å²) in [7, 11) is -1.72. The highest BCUT2D eigenvalue weighted by Gasteiger charge is 2.36. The van der Waals surface area contributed by atoms with Crippen LogP contribution in [0, 0.1) is 0 Å². The number of hydrogen-bond donors (Lipinski definition) is 1. The molecule has 0 radical (unpaired) electrons. The van der Waals surface area contributed by atoms with Gasteiger partial charge in [0.25, 0.3) is 0 Å². The first-order valence-electron chi connectivity index (χ1n) is 19.4. The van der Waals surface area contributed by atoms with Crippen molar-refractivity contribution in [2.45, 2.75) is 45.1 Å². The van der Waals surface area contributed by atoms with E-state index >= 15 is 0 Å². The molecular weight excluding hydrogens is 772 g/mol. The molecule has 0 unspecified atom stereocenters. The summed E-state index contributed by atoms with van der Waals surface area (Å²) in [6.07, 6.45) is -4.48. The van der Waals surface area contributed by atoms with Gasteiger partial charge in [0.05, 0.1) is 142 Å². The van der Waals surface area contributed by atoms with Crippen LogP contribution in [0.25, 0.3) is 0 Å². The Morgan fingerprint density at radius 1 is 0.544 bits per heavy atom. The Labute approximate surface area is 337 Å². The van der Waals surface area contributed by atoms with E-state index in [1.54, 1.807) is 18.2 Å². The summed E-state index contributed by atoms with van der Waals surface area (Å²) in [5.74, 6) is -0.628. The minimum Gasteiger partial charge on any atom is -0.460 e. The highest BCUT2D eigenvalue weighted by atomic mass is 28.4. The highest BCUT2D eigenvalue weighted by Crippen LogP contribution is 2.36. The summed E-state index contributed by atoms with van der Waals surface area (Å²) in [4.78, 5) is 12.6. The van der Waals surface area contributed by atoms with Crippen LogP contribution in [0.1, 0.15) is 36.7 Å². The van der Waals surface area contributed by atoms with Gasteiger partial charge in [0.15, 0.2) is 8.32 Å². The van der Waals surface area contributed by atoms with Crippen molar-refractivity contribution in [2.24, 2.45) is 0 Å². The first-order valence-corrected chi connectivity index (χ1v) is 22.3. The van der Waals surface area contributed by atoms with Crippen molar-refractivity contribution < 1.29 is 69.8 Å². The molecule has 17 heteroatoms. The maximum Gasteiger partial charge on any atom is 0.416 e. The number of alkyl halides is 3. The van der Waals surface area contributed by atoms with Gasteiger partial charge in [-0.2, -0.15) is 13.2 Å². The van der Waals surface area contributed by atoms with Gasteiger partial charge in [-0.25, -0.2) is 4.79 Å². The SMILES string of the molecule is CC(C)(C)[Si](C)(C)OCCOCCOCCOCCOCCOCCOCCOCCOCCOCCOC(=O)c1ccccc1Nc1cccc(C(F)(F)F)c1. The number of ether oxygens (including phenoxy) is 10. The molecule has 0 fully saturated rings. The summed E-state index contributed by atoms with van der Waals surface area (Å²) in [5, 5.41) is 3.06. The average Bonchev–Trinajstić information content (AvgIpc) is 3.16. The van der Waals surface area contributed by atoms with Crippen LogP contribution in [0.4, 0.5) is 24.5 Å². The topological polar surface area (TPSA) is 131 Å². The van der Waals surface area contributed by atoms with Crippen LogP contribution in [-0.2, 0) is 58.0 Å². The summed E-state index contributed by atoms with van der Waals surface area (Å²) in [5.41, 5.74) is -0.0890. The molecule has 0 spiro atoms. The van der Waals surface area contributed by atoms with Crippen molar-refractivity contribution in [3.8, 4) is 0 Å². The van der Waals surface area contributed by atoms with Crippen LogP contribution in [0.3, 0.4) is 0 Å². The zero-order chi connectivity index (χ0) is 41.7. The third-order valence-electron chi connectivity index (χ3n) is 8.55. The standard InChI is InChI=1S/C40H64F3NO12Si/c1-39(2,3)57(4,5)56-32-30-54-28-26-52-24-22-50-20-18-48-16-14-46-13-15-47-17-19-49-21-23-51-25-27-53-29-31-55-38(45)36-11-6-7-12-37(36)44-35-10-8-9-34(33-35)40(41,42)43/h6-12,33,44H,13-32H2,1-5H3. The van der Waals surface area contributed by atoms with E-state index < -0.39 is 26.0 Å². The largest absolute Gasteiger partial charge is 0.460 e. The van der Waals surface area contributed by atoms with E-state index in [2.05, 4.69) is 39.2 Å². The smallest absolute Gasteiger partial charge is 0.416 e. The fourth-order valence-electron chi connectivity index (χ4n) is 4.40. The van der Waals surface area contributed by atoms with Crippen molar-refractivity contribution in [3.63, 3.8) is 0 Å². The number of halogens is 3. The Hall–Kier alpha value is -2.68. The fourth-order valence-corrected chi connectivity index (χ4v) is 5.43. The molecule has 2 aromatic carbocycles. The number of rotatable bonds is 34. The van der Waals surface area contributed by atoms with Crippen LogP contribution in [0.5, 0.6) is 0 Å². The van der Waals surface area contributed by atoms with Crippen LogP contribution in [0.2, 0.25) is 18.1 Å². The number of anilines is 2. The number of nitrogens with one attached hydrogen (secondary N) is 1. The number of benzene rings is 2. The van der Waals surface area contributed by atoms with Crippen LogP contribution < -0.4 is 5.32 Å². The molecule has 13 nitrogen and oxygen atoms in total. The summed E-state index contributed by atoms with van der Waals surface area (Å²) in [6, 6.07) is 11.1. The molecule has 0 saturated carbocycles. The van der Waals surface area contributed by atoms with Crippen LogP contribution in [-0.4, -0.2) is 146 Å². The van der Waals surface area contributed by atoms with Gasteiger partial charge in [0.1, 0.15) is 6.61 Å². The maximum atomic E-state index is 13.1. The average molecular weight is 836 g/mol. The molecule has 1 N–H and O–H groups in total. The lowest BCUT2D eigenvalue weighted by molar-refractivity contribution is -0.137. The van der Waals surface area contributed by atoms with E-state index in [4.69, 9.17) is 51.8 Å². The number of carbonyl (C=O) groups is 1. The van der Waals surface area contributed by atoms with E-state index in [0.717, 1.165) is 12.1 Å². The maximum absolute atomic E-state index is 13.1. The number of hydrogen-bond acceptors (Lipinski definition) is 13. The molecule has 0 atom stereocenters. The zero-order valence-electron chi connectivity index (χ0n) is 34.3. The van der Waals surface area contributed by atoms with Gasteiger partial charge in [-0.3, -0.25) is 0 Å². The predicted molar refractivity (Wildman–Crippen MR) is 212 cm³/mol. The lowest BCUT2D eigenvalue weighted by Gasteiger charge is -2.36. The lowest BCUT2D eigenvalue weighted by Crippen LogP contribution is -2.41. The zero-order valence-corrected chi connectivity index (χ0v) is 35.3. The molecule has 2 rings (SSSR count). The molecule has 0 aliphatic rings. The molecule has 0 amide bonds. The molecule has 0 aliphatic carbocycles. The summed E-state index contributed by atoms with van der Waals surface area (Å²) >= 11 is 0. The van der Waals surface area contributed by atoms with E-state index in [9.17, 15) is 18.0 Å². The summed E-state index contributed by atoms with van der Waals surface area (Å²) < 4.78 is 100.0. The second kappa shape index (κ2) is 29.5. The van der Waals surface area contributed by atoms with Gasteiger partial charge in [0.2, 0.25) is 0 Å². The lowest BCUT2D eigenvalue weighted by atomic mass is 10.1. The van der Waals surface area contributed by atoms with E-state index in [0.29, 0.717) is 125 Å². The second-order valence-electron chi connectivity index (χ2n) is 14.0. The van der Waals surface area contributed by atoms with Crippen molar-refractivity contribution in [2.75, 3.05) is 137 Å². The molecule has 0 saturated heterocycles. The molecular formula is C40H64F3NO12Si. The Kier molecular flexibility index (Phi) is 26.1. The Morgan fingerprint density at radius 2 is 0.930 bits per heavy atom. The minimum atomic E-state index is -4.48. The van der Waals surface area contributed by atoms with Gasteiger partial charge in [0, 0.05) is 5.69 Å². The molecule has 0 aromatic heterocycles. The van der Waals surface area contributed by atoms with Gasteiger partial charge >= 0.3 is 12.1 Å². The quantitative estimate of drug-likeness (QED) is 0.0453. The second-order valence-corrected chi connectivity index (χ2v) is 18.8. The summed E-state index contributed by atoms with van der Waals surface area (Å²) in [6.45, 7) is 19.7. The van der Waals surface area contributed by atoms with Crippen molar-refractivity contribution in [3.05, 3.63) is 59.7 Å². The highest BCUT2D eigenvalue weighted by molar-refractivity contribution is 6.74. The normalized spacial score (nSPS) is 12.3. The van der Waals surface area contributed by atoms with Crippen LogP contribution in [0.15, 0.2) is 48.5 Å². The monoisotopic (exact) mass is 835 g/mol. The number of carbonyl (C=O) groups excluding carboxylic acids is 1. The van der Waals surface area contributed by atoms with Crippen molar-refractivity contribution in [1.82, 2.24) is 0 Å². The van der Waals surface area contributed by atoms with Gasteiger partial charge in [-0.1, -0.05) is 39.0 Å². The minimum absolute atomic E-state index is 0.00169. The molecule has 0 aliphatic heterocycles. The molecule has 0 heterocycles. The molecule has 57 heavy (non-hydrogen) atoms. The molecule has 2 aromatic rings. The van der Waals surface area contributed by atoms with Crippen LogP contribution >= 0.6 is 0 Å². The first kappa shape index (κ1) is 50.5. The predicted octanol–water partition coefficient (Wildman–Crippen LogP) is 6.78. The Bertz CT molecular complexity index is 1330. The van der Waals surface area contributed by atoms with Crippen molar-refractivity contribution >= 4 is 25.7 Å². The van der Waals surface area contributed by atoms with E-state index in [-0.39, 0.29) is 29.5 Å². The molecule has 326 valence electrons. The Morgan fingerprint density at radius 3 is 1.33 bits per heavy atom. The third-order valence-corrected chi connectivity index (χ3v) is 13.1. The Balaban J connectivity index is 1.29. The van der Waals surface area contributed by atoms with E-state index in [1.165, 1.54) is 18.2 Å². The number of para-hydroxylation sites is 1. The third kappa shape index (κ3) is 24.1. The van der Waals surface area contributed by atoms with E-state index in [1.807, 2.05) is 0 Å². The fraction of sp³-hybridized carbons (Fsp3) is 0.675. The van der Waals surface area contributed by atoms with Gasteiger partial charge in [-0.15, -0.1) is 0 Å². The number of esters is 1. The molecule has 0 bridgehead atoms. The van der Waals surface area contributed by atoms with Gasteiger partial charge < -0.3 is 57.1 Å². The van der Waals surface area contributed by atoms with Gasteiger partial charge in [-0.05, 0) is 48.5 Å².